The van der Waals surface area contributed by atoms with Crippen molar-refractivity contribution in [2.45, 2.75) is 13.5 Å². The smallest absolute Gasteiger partial charge is 0.293 e. The van der Waals surface area contributed by atoms with Crippen LogP contribution in [0.4, 0.5) is 11.4 Å². The van der Waals surface area contributed by atoms with E-state index in [2.05, 4.69) is 10.3 Å². The van der Waals surface area contributed by atoms with Gasteiger partial charge >= 0.3 is 0 Å². The van der Waals surface area contributed by atoms with Crippen LogP contribution in [0.5, 0.6) is 0 Å². The number of anilines is 1. The van der Waals surface area contributed by atoms with E-state index >= 15 is 0 Å². The first-order valence-corrected chi connectivity index (χ1v) is 7.92. The van der Waals surface area contributed by atoms with Gasteiger partial charge in [-0.15, -0.1) is 0 Å². The maximum Gasteiger partial charge on any atom is 0.293 e. The van der Waals surface area contributed by atoms with E-state index in [-0.39, 0.29) is 23.3 Å². The SMILES string of the molecule is Cc1ccc(NC(=O)Cn2cnc3ccc(Cl)cc3c2=O)c([N+](=O)[O-])c1. The quantitative estimate of drug-likeness (QED) is 0.559. The normalized spacial score (nSPS) is 10.7. The van der Waals surface area contributed by atoms with E-state index in [1.165, 1.54) is 24.5 Å². The van der Waals surface area contributed by atoms with Crippen LogP contribution < -0.4 is 10.9 Å². The summed E-state index contributed by atoms with van der Waals surface area (Å²) in [7, 11) is 0. The first-order valence-electron chi connectivity index (χ1n) is 7.55. The summed E-state index contributed by atoms with van der Waals surface area (Å²) in [5, 5.41) is 14.3. The van der Waals surface area contributed by atoms with Gasteiger partial charge in [-0.3, -0.25) is 24.3 Å². The summed E-state index contributed by atoms with van der Waals surface area (Å²) in [6.45, 7) is 1.38. The number of nitro benzene ring substituents is 1. The number of aryl methyl sites for hydroxylation is 1. The van der Waals surface area contributed by atoms with Gasteiger partial charge < -0.3 is 5.32 Å². The number of fused-ring (bicyclic) bond motifs is 1. The molecule has 0 radical (unpaired) electrons. The van der Waals surface area contributed by atoms with Crippen LogP contribution in [0.15, 0.2) is 47.5 Å². The fourth-order valence-electron chi connectivity index (χ4n) is 2.49. The minimum absolute atomic E-state index is 0.0652. The van der Waals surface area contributed by atoms with Crippen molar-refractivity contribution in [2.24, 2.45) is 0 Å². The van der Waals surface area contributed by atoms with Crippen molar-refractivity contribution in [3.8, 4) is 0 Å². The highest BCUT2D eigenvalue weighted by Gasteiger charge is 2.17. The lowest BCUT2D eigenvalue weighted by molar-refractivity contribution is -0.384. The van der Waals surface area contributed by atoms with Crippen molar-refractivity contribution >= 4 is 39.8 Å². The van der Waals surface area contributed by atoms with Crippen molar-refractivity contribution in [3.63, 3.8) is 0 Å². The molecule has 0 aliphatic heterocycles. The maximum atomic E-state index is 12.5. The zero-order valence-electron chi connectivity index (χ0n) is 13.6. The van der Waals surface area contributed by atoms with E-state index in [0.717, 1.165) is 4.57 Å². The molecule has 0 unspecified atom stereocenters. The highest BCUT2D eigenvalue weighted by Crippen LogP contribution is 2.25. The number of benzene rings is 2. The Labute approximate surface area is 152 Å². The molecule has 1 heterocycles. The lowest BCUT2D eigenvalue weighted by Gasteiger charge is -2.09. The summed E-state index contributed by atoms with van der Waals surface area (Å²) in [6.07, 6.45) is 1.25. The number of carbonyl (C=O) groups excluding carboxylic acids is 1. The first kappa shape index (κ1) is 17.6. The fraction of sp³-hybridized carbons (Fsp3) is 0.118. The number of hydrogen-bond acceptors (Lipinski definition) is 5. The molecule has 2 aromatic carbocycles. The van der Waals surface area contributed by atoms with Crippen molar-refractivity contribution in [3.05, 3.63) is 73.8 Å². The molecule has 0 spiro atoms. The summed E-state index contributed by atoms with van der Waals surface area (Å²) in [5.41, 5.74) is 0.586. The molecule has 0 aliphatic rings. The van der Waals surface area contributed by atoms with Gasteiger partial charge in [0.1, 0.15) is 12.2 Å². The van der Waals surface area contributed by atoms with Gasteiger partial charge in [0.05, 0.1) is 22.2 Å². The van der Waals surface area contributed by atoms with E-state index in [0.29, 0.717) is 16.1 Å². The first-order chi connectivity index (χ1) is 12.3. The monoisotopic (exact) mass is 372 g/mol. The molecule has 0 fully saturated rings. The van der Waals surface area contributed by atoms with E-state index < -0.39 is 16.4 Å². The molecule has 0 atom stereocenters. The van der Waals surface area contributed by atoms with Crippen molar-refractivity contribution < 1.29 is 9.72 Å². The van der Waals surface area contributed by atoms with Gasteiger partial charge in [-0.05, 0) is 36.8 Å². The van der Waals surface area contributed by atoms with Gasteiger partial charge in [0.15, 0.2) is 0 Å². The third kappa shape index (κ3) is 3.55. The number of nitrogens with one attached hydrogen (secondary N) is 1. The minimum Gasteiger partial charge on any atom is -0.319 e. The Balaban J connectivity index is 1.87. The Hall–Kier alpha value is -3.26. The summed E-state index contributed by atoms with van der Waals surface area (Å²) >= 11 is 5.90. The van der Waals surface area contributed by atoms with E-state index in [1.54, 1.807) is 25.1 Å². The van der Waals surface area contributed by atoms with Crippen molar-refractivity contribution in [2.75, 3.05) is 5.32 Å². The van der Waals surface area contributed by atoms with Gasteiger partial charge in [0.2, 0.25) is 5.91 Å². The fourth-order valence-corrected chi connectivity index (χ4v) is 2.66. The standard InChI is InChI=1S/C17H13ClN4O4/c1-10-2-4-14(15(6-10)22(25)26)20-16(23)8-21-9-19-13-5-3-11(18)7-12(13)17(21)24/h2-7,9H,8H2,1H3,(H,20,23). The molecule has 3 rings (SSSR count). The molecule has 9 heteroatoms. The van der Waals surface area contributed by atoms with E-state index in [4.69, 9.17) is 11.6 Å². The average molecular weight is 373 g/mol. The van der Waals surface area contributed by atoms with E-state index in [1.807, 2.05) is 0 Å². The molecular weight excluding hydrogens is 360 g/mol. The van der Waals surface area contributed by atoms with Crippen LogP contribution in [-0.4, -0.2) is 20.4 Å². The van der Waals surface area contributed by atoms with Crippen LogP contribution in [0.25, 0.3) is 10.9 Å². The summed E-state index contributed by atoms with van der Waals surface area (Å²) in [6, 6.07) is 9.16. The van der Waals surface area contributed by atoms with Crippen LogP contribution in [0.2, 0.25) is 5.02 Å². The van der Waals surface area contributed by atoms with Crippen LogP contribution in [0, 0.1) is 17.0 Å². The number of nitro groups is 1. The average Bonchev–Trinajstić information content (AvgIpc) is 2.59. The topological polar surface area (TPSA) is 107 Å². The predicted octanol–water partition coefficient (Wildman–Crippen LogP) is 2.91. The lowest BCUT2D eigenvalue weighted by atomic mass is 10.2. The van der Waals surface area contributed by atoms with Crippen LogP contribution >= 0.6 is 11.6 Å². The highest BCUT2D eigenvalue weighted by molar-refractivity contribution is 6.31. The number of rotatable bonds is 4. The summed E-state index contributed by atoms with van der Waals surface area (Å²) in [4.78, 5) is 39.4. The molecule has 0 aliphatic carbocycles. The van der Waals surface area contributed by atoms with Crippen molar-refractivity contribution in [1.29, 1.82) is 0 Å². The Morgan fingerprint density at radius 1 is 1.31 bits per heavy atom. The van der Waals surface area contributed by atoms with Gasteiger partial charge in [-0.2, -0.15) is 0 Å². The second-order valence-corrected chi connectivity index (χ2v) is 6.10. The lowest BCUT2D eigenvalue weighted by Crippen LogP contribution is -2.28. The Bertz CT molecular complexity index is 1090. The maximum absolute atomic E-state index is 12.5. The molecule has 3 aromatic rings. The molecule has 26 heavy (non-hydrogen) atoms. The third-order valence-electron chi connectivity index (χ3n) is 3.72. The number of amides is 1. The Morgan fingerprint density at radius 3 is 2.81 bits per heavy atom. The third-order valence-corrected chi connectivity index (χ3v) is 3.96. The molecule has 1 N–H and O–H groups in total. The van der Waals surface area contributed by atoms with Crippen LogP contribution in [0.3, 0.4) is 0 Å². The molecule has 0 saturated heterocycles. The summed E-state index contributed by atoms with van der Waals surface area (Å²) in [5.74, 6) is -0.581. The molecule has 0 saturated carbocycles. The number of aromatic nitrogens is 2. The Kier molecular flexibility index (Phi) is 4.68. The summed E-state index contributed by atoms with van der Waals surface area (Å²) < 4.78 is 1.12. The zero-order chi connectivity index (χ0) is 18.8. The Morgan fingerprint density at radius 2 is 2.08 bits per heavy atom. The van der Waals surface area contributed by atoms with Crippen molar-refractivity contribution in [1.82, 2.24) is 9.55 Å². The van der Waals surface area contributed by atoms with Crippen LogP contribution in [-0.2, 0) is 11.3 Å². The second kappa shape index (κ2) is 6.93. The minimum atomic E-state index is -0.581. The second-order valence-electron chi connectivity index (χ2n) is 5.66. The molecule has 0 bridgehead atoms. The molecule has 1 aromatic heterocycles. The van der Waals surface area contributed by atoms with Gasteiger partial charge in [-0.1, -0.05) is 17.7 Å². The number of nitrogens with zero attached hydrogens (tertiary/aromatic N) is 3. The molecule has 132 valence electrons. The zero-order valence-corrected chi connectivity index (χ0v) is 14.4. The highest BCUT2D eigenvalue weighted by atomic mass is 35.5. The van der Waals surface area contributed by atoms with Crippen LogP contribution in [0.1, 0.15) is 5.56 Å². The largest absolute Gasteiger partial charge is 0.319 e. The van der Waals surface area contributed by atoms with Gasteiger partial charge in [0, 0.05) is 11.1 Å². The number of hydrogen-bond donors (Lipinski definition) is 1. The van der Waals surface area contributed by atoms with Gasteiger partial charge in [-0.25, -0.2) is 4.98 Å². The predicted molar refractivity (Wildman–Crippen MR) is 97.5 cm³/mol. The molecular formula is C17H13ClN4O4. The van der Waals surface area contributed by atoms with E-state index in [9.17, 15) is 19.7 Å². The molecule has 8 nitrogen and oxygen atoms in total. The van der Waals surface area contributed by atoms with Gasteiger partial charge in [0.25, 0.3) is 11.2 Å². The number of halogens is 1. The molecule has 1 amide bonds. The number of carbonyl (C=O) groups is 1.